The van der Waals surface area contributed by atoms with E-state index in [4.69, 9.17) is 0 Å². The predicted octanol–water partition coefficient (Wildman–Crippen LogP) is 0.961. The van der Waals surface area contributed by atoms with Gasteiger partial charge in [-0.25, -0.2) is 8.78 Å². The van der Waals surface area contributed by atoms with Crippen molar-refractivity contribution in [3.05, 3.63) is 29.8 Å². The van der Waals surface area contributed by atoms with Crippen LogP contribution in [0.3, 0.4) is 0 Å². The molecule has 88 valence electrons. The minimum Gasteiger partial charge on any atom is -0.258 e. The van der Waals surface area contributed by atoms with Gasteiger partial charge in [-0.2, -0.15) is 12.7 Å². The molecule has 0 radical (unpaired) electrons. The van der Waals surface area contributed by atoms with E-state index in [2.05, 4.69) is 0 Å². The molecule has 1 fully saturated rings. The molecular weight excluding hydrogens is 238 g/mol. The van der Waals surface area contributed by atoms with E-state index in [1.54, 1.807) is 0 Å². The van der Waals surface area contributed by atoms with Crippen molar-refractivity contribution in [2.24, 2.45) is 0 Å². The summed E-state index contributed by atoms with van der Waals surface area (Å²) in [7, 11) is -2.50. The maximum atomic E-state index is 13.3. The summed E-state index contributed by atoms with van der Waals surface area (Å²) < 4.78 is 51.6. The zero-order valence-electron chi connectivity index (χ0n) is 8.52. The largest absolute Gasteiger partial charge is 0.304 e. The van der Waals surface area contributed by atoms with Gasteiger partial charge in [-0.15, -0.1) is 0 Å². The van der Waals surface area contributed by atoms with Gasteiger partial charge in [0.15, 0.2) is 0 Å². The fourth-order valence-electron chi connectivity index (χ4n) is 1.30. The Morgan fingerprint density at radius 3 is 2.50 bits per heavy atom. The average Bonchev–Trinajstić information content (AvgIpc) is 3.04. The summed E-state index contributed by atoms with van der Waals surface area (Å²) in [6.07, 6.45) is 0. The number of halogens is 2. The van der Waals surface area contributed by atoms with Crippen LogP contribution in [0.5, 0.6) is 0 Å². The summed E-state index contributed by atoms with van der Waals surface area (Å²) in [4.78, 5) is 0. The fourth-order valence-corrected chi connectivity index (χ4v) is 2.57. The molecule has 2 rings (SSSR count). The quantitative estimate of drug-likeness (QED) is 0.748. The third kappa shape index (κ3) is 1.88. The Morgan fingerprint density at radius 1 is 1.31 bits per heavy atom. The van der Waals surface area contributed by atoms with Gasteiger partial charge in [-0.1, -0.05) is 0 Å². The van der Waals surface area contributed by atoms with Crippen LogP contribution in [0.25, 0.3) is 0 Å². The molecule has 0 unspecified atom stereocenters. The van der Waals surface area contributed by atoms with Crippen LogP contribution in [0.4, 0.5) is 14.5 Å². The lowest BCUT2D eigenvalue weighted by Crippen LogP contribution is -2.32. The second-order valence-corrected chi connectivity index (χ2v) is 5.43. The molecule has 7 heteroatoms. The van der Waals surface area contributed by atoms with E-state index in [1.807, 2.05) is 0 Å². The number of hydrogen-bond donors (Lipinski definition) is 0. The zero-order chi connectivity index (χ0) is 11.9. The first-order valence-electron chi connectivity index (χ1n) is 4.62. The lowest BCUT2D eigenvalue weighted by atomic mass is 10.3. The van der Waals surface area contributed by atoms with E-state index in [-0.39, 0.29) is 5.69 Å². The summed E-state index contributed by atoms with van der Waals surface area (Å²) in [6.45, 7) is 0.840. The van der Waals surface area contributed by atoms with E-state index in [9.17, 15) is 17.2 Å². The molecule has 1 heterocycles. The Balaban J connectivity index is 2.40. The van der Waals surface area contributed by atoms with E-state index in [1.165, 1.54) is 7.05 Å². The summed E-state index contributed by atoms with van der Waals surface area (Å²) in [5.41, 5.74) is -0.285. The van der Waals surface area contributed by atoms with Crippen LogP contribution in [0.1, 0.15) is 0 Å². The Bertz CT molecular complexity index is 514. The lowest BCUT2D eigenvalue weighted by molar-refractivity contribution is 0.557. The molecule has 1 aromatic rings. The van der Waals surface area contributed by atoms with Crippen LogP contribution in [0, 0.1) is 11.6 Å². The zero-order valence-corrected chi connectivity index (χ0v) is 9.34. The van der Waals surface area contributed by atoms with Gasteiger partial charge in [0.05, 0.1) is 5.69 Å². The number of anilines is 1. The fraction of sp³-hybridized carbons (Fsp3) is 0.333. The highest BCUT2D eigenvalue weighted by molar-refractivity contribution is 7.90. The van der Waals surface area contributed by atoms with Gasteiger partial charge < -0.3 is 0 Å². The van der Waals surface area contributed by atoms with Crippen molar-refractivity contribution in [2.75, 3.05) is 24.4 Å². The molecule has 1 aromatic carbocycles. The SMILES string of the molecule is CN(c1cc(F)ccc1F)S(=O)(=O)N1CC1. The van der Waals surface area contributed by atoms with Gasteiger partial charge in [0.1, 0.15) is 11.6 Å². The van der Waals surface area contributed by atoms with Gasteiger partial charge in [-0.3, -0.25) is 4.31 Å². The molecule has 16 heavy (non-hydrogen) atoms. The van der Waals surface area contributed by atoms with Crippen LogP contribution in [-0.2, 0) is 10.2 Å². The minimum absolute atomic E-state index is 0.285. The summed E-state index contributed by atoms with van der Waals surface area (Å²) in [5, 5.41) is 0. The second-order valence-electron chi connectivity index (χ2n) is 3.47. The molecule has 0 spiro atoms. The van der Waals surface area contributed by atoms with Crippen LogP contribution < -0.4 is 4.31 Å². The maximum Gasteiger partial charge on any atom is 0.304 e. The van der Waals surface area contributed by atoms with Crippen LogP contribution >= 0.6 is 0 Å². The highest BCUT2D eigenvalue weighted by Crippen LogP contribution is 2.25. The van der Waals surface area contributed by atoms with Crippen molar-refractivity contribution >= 4 is 15.9 Å². The number of hydrogen-bond acceptors (Lipinski definition) is 2. The monoisotopic (exact) mass is 248 g/mol. The first-order valence-corrected chi connectivity index (χ1v) is 6.01. The first kappa shape index (κ1) is 11.3. The molecule has 0 aromatic heterocycles. The van der Waals surface area contributed by atoms with E-state index >= 15 is 0 Å². The molecule has 0 atom stereocenters. The molecular formula is C9H10F2N2O2S. The van der Waals surface area contributed by atoms with Gasteiger partial charge >= 0.3 is 10.2 Å². The minimum atomic E-state index is -3.70. The normalized spacial score (nSPS) is 16.2. The summed E-state index contributed by atoms with van der Waals surface area (Å²) >= 11 is 0. The third-order valence-corrected chi connectivity index (χ3v) is 4.23. The highest BCUT2D eigenvalue weighted by atomic mass is 32.2. The molecule has 0 amide bonds. The van der Waals surface area contributed by atoms with Gasteiger partial charge in [0.25, 0.3) is 0 Å². The molecule has 0 saturated carbocycles. The van der Waals surface area contributed by atoms with E-state index in [0.29, 0.717) is 13.1 Å². The van der Waals surface area contributed by atoms with Crippen molar-refractivity contribution in [1.29, 1.82) is 0 Å². The van der Waals surface area contributed by atoms with E-state index in [0.717, 1.165) is 26.8 Å². The smallest absolute Gasteiger partial charge is 0.258 e. The van der Waals surface area contributed by atoms with Crippen molar-refractivity contribution in [1.82, 2.24) is 4.31 Å². The Labute approximate surface area is 92.3 Å². The van der Waals surface area contributed by atoms with Crippen LogP contribution in [-0.4, -0.2) is 32.9 Å². The molecule has 0 aliphatic carbocycles. The standard InChI is InChI=1S/C9H10F2N2O2S/c1-12(16(14,15)13-4-5-13)9-6-7(10)2-3-8(9)11/h2-3,6H,4-5H2,1H3. The van der Waals surface area contributed by atoms with E-state index < -0.39 is 21.8 Å². The first-order chi connectivity index (χ1) is 7.43. The molecule has 1 aliphatic heterocycles. The van der Waals surface area contributed by atoms with Gasteiger partial charge in [0.2, 0.25) is 0 Å². The Morgan fingerprint density at radius 2 is 1.94 bits per heavy atom. The number of rotatable bonds is 3. The van der Waals surface area contributed by atoms with Gasteiger partial charge in [-0.05, 0) is 12.1 Å². The van der Waals surface area contributed by atoms with Crippen molar-refractivity contribution in [3.63, 3.8) is 0 Å². The Kier molecular flexibility index (Phi) is 2.59. The van der Waals surface area contributed by atoms with Crippen molar-refractivity contribution < 1.29 is 17.2 Å². The van der Waals surface area contributed by atoms with Crippen molar-refractivity contribution in [3.8, 4) is 0 Å². The number of benzene rings is 1. The molecule has 0 bridgehead atoms. The van der Waals surface area contributed by atoms with Crippen molar-refractivity contribution in [2.45, 2.75) is 0 Å². The topological polar surface area (TPSA) is 40.4 Å². The second kappa shape index (κ2) is 3.67. The predicted molar refractivity (Wildman–Crippen MR) is 55.3 cm³/mol. The summed E-state index contributed by atoms with van der Waals surface area (Å²) in [6, 6.07) is 2.70. The maximum absolute atomic E-state index is 13.3. The molecule has 1 aliphatic rings. The highest BCUT2D eigenvalue weighted by Gasteiger charge is 2.36. The van der Waals surface area contributed by atoms with Crippen LogP contribution in [0.15, 0.2) is 18.2 Å². The molecule has 1 saturated heterocycles. The lowest BCUT2D eigenvalue weighted by Gasteiger charge is -2.19. The average molecular weight is 248 g/mol. The third-order valence-electron chi connectivity index (χ3n) is 2.33. The van der Waals surface area contributed by atoms with Crippen LogP contribution in [0.2, 0.25) is 0 Å². The molecule has 4 nitrogen and oxygen atoms in total. The van der Waals surface area contributed by atoms with Gasteiger partial charge in [0, 0.05) is 26.2 Å². The molecule has 0 N–H and O–H groups in total. The Hall–Kier alpha value is -1.21. The number of nitrogens with zero attached hydrogens (tertiary/aromatic N) is 2. The summed E-state index contributed by atoms with van der Waals surface area (Å²) in [5.74, 6) is -1.45.